The first kappa shape index (κ1) is 21.2. The first-order chi connectivity index (χ1) is 14.3. The molecule has 0 aliphatic rings. The number of amides is 1. The zero-order valence-corrected chi connectivity index (χ0v) is 16.4. The Hall–Kier alpha value is -3.54. The number of pyridine rings is 2. The Kier molecular flexibility index (Phi) is 5.96. The molecule has 2 N–H and O–H groups in total. The van der Waals surface area contributed by atoms with E-state index in [1.54, 1.807) is 0 Å². The molecule has 0 saturated heterocycles. The summed E-state index contributed by atoms with van der Waals surface area (Å²) in [6, 6.07) is 5.09. The minimum Gasteiger partial charge on any atom is -0.497 e. The Morgan fingerprint density at radius 1 is 1.27 bits per heavy atom. The third kappa shape index (κ3) is 4.08. The predicted molar refractivity (Wildman–Crippen MR) is 101 cm³/mol. The summed E-state index contributed by atoms with van der Waals surface area (Å²) in [5, 5.41) is 10.3. The topological polar surface area (TPSA) is 123 Å². The molecule has 3 aromatic heterocycles. The van der Waals surface area contributed by atoms with Gasteiger partial charge < -0.3 is 15.2 Å². The summed E-state index contributed by atoms with van der Waals surface area (Å²) in [5.41, 5.74) is -1.08. The molecule has 0 bridgehead atoms. The van der Waals surface area contributed by atoms with Crippen LogP contribution in [0, 0.1) is 11.8 Å². The molecule has 0 aromatic carbocycles. The summed E-state index contributed by atoms with van der Waals surface area (Å²) in [6.07, 6.45) is 1.83. The van der Waals surface area contributed by atoms with Gasteiger partial charge in [0.05, 0.1) is 12.7 Å². The van der Waals surface area contributed by atoms with Gasteiger partial charge in [-0.1, -0.05) is 0 Å². The maximum absolute atomic E-state index is 15.2. The zero-order valence-electron chi connectivity index (χ0n) is 15.5. The quantitative estimate of drug-likeness (QED) is 0.543. The number of aromatic nitrogens is 3. The summed E-state index contributed by atoms with van der Waals surface area (Å²) in [6.45, 7) is -0.178. The van der Waals surface area contributed by atoms with Crippen molar-refractivity contribution in [2.24, 2.45) is 0 Å². The number of carboxylic acid groups (broad SMARTS) is 1. The standard InChI is InChI=1S/C18H16F2N4O5S/c1-29-12-5-8-21-14(9-12)30(27,28)24-10-11(4-7-23-18(25)26)15(19)16(24)13-3-2-6-22-17(13)20/h2-3,5-6,8-10,23H,4,7H2,1H3,(H,25,26). The lowest BCUT2D eigenvalue weighted by Gasteiger charge is -2.11. The number of nitrogens with one attached hydrogen (secondary N) is 1. The third-order valence-corrected chi connectivity index (χ3v) is 5.69. The third-order valence-electron chi connectivity index (χ3n) is 4.13. The maximum atomic E-state index is 15.2. The van der Waals surface area contributed by atoms with E-state index in [9.17, 15) is 17.6 Å². The van der Waals surface area contributed by atoms with Crippen LogP contribution in [-0.2, 0) is 16.4 Å². The van der Waals surface area contributed by atoms with Gasteiger partial charge in [-0.05, 0) is 24.6 Å². The largest absolute Gasteiger partial charge is 0.497 e. The van der Waals surface area contributed by atoms with Crippen LogP contribution >= 0.6 is 0 Å². The van der Waals surface area contributed by atoms with Gasteiger partial charge in [0.1, 0.15) is 11.4 Å². The summed E-state index contributed by atoms with van der Waals surface area (Å²) < 4.78 is 61.4. The molecule has 0 saturated carbocycles. The van der Waals surface area contributed by atoms with E-state index < -0.39 is 38.6 Å². The van der Waals surface area contributed by atoms with Crippen molar-refractivity contribution in [3.8, 4) is 17.0 Å². The zero-order chi connectivity index (χ0) is 21.9. The number of methoxy groups -OCH3 is 1. The molecular formula is C18H16F2N4O5S. The van der Waals surface area contributed by atoms with E-state index in [0.29, 0.717) is 3.97 Å². The highest BCUT2D eigenvalue weighted by atomic mass is 32.2. The van der Waals surface area contributed by atoms with Crippen molar-refractivity contribution in [1.82, 2.24) is 19.3 Å². The number of hydrogen-bond donors (Lipinski definition) is 2. The van der Waals surface area contributed by atoms with E-state index >= 15 is 4.39 Å². The van der Waals surface area contributed by atoms with Crippen LogP contribution in [-0.4, -0.2) is 47.2 Å². The Morgan fingerprint density at radius 3 is 2.70 bits per heavy atom. The van der Waals surface area contributed by atoms with Crippen LogP contribution in [0.25, 0.3) is 11.3 Å². The molecule has 158 valence electrons. The van der Waals surface area contributed by atoms with Crippen LogP contribution in [0.3, 0.4) is 0 Å². The van der Waals surface area contributed by atoms with Crippen molar-refractivity contribution in [3.63, 3.8) is 0 Å². The van der Waals surface area contributed by atoms with Gasteiger partial charge in [0, 0.05) is 36.8 Å². The van der Waals surface area contributed by atoms with Crippen LogP contribution < -0.4 is 10.1 Å². The average molecular weight is 438 g/mol. The van der Waals surface area contributed by atoms with Gasteiger partial charge in [0.15, 0.2) is 10.8 Å². The Morgan fingerprint density at radius 2 is 2.03 bits per heavy atom. The fraction of sp³-hybridized carbons (Fsp3) is 0.167. The lowest BCUT2D eigenvalue weighted by atomic mass is 10.1. The molecule has 0 aliphatic heterocycles. The van der Waals surface area contributed by atoms with E-state index in [4.69, 9.17) is 9.84 Å². The number of rotatable bonds is 7. The van der Waals surface area contributed by atoms with Crippen molar-refractivity contribution in [3.05, 3.63) is 60.2 Å². The van der Waals surface area contributed by atoms with Crippen molar-refractivity contribution < 1.29 is 31.8 Å². The second-order valence-corrected chi connectivity index (χ2v) is 7.74. The molecule has 0 aliphatic carbocycles. The molecule has 0 fully saturated rings. The second kappa shape index (κ2) is 8.45. The molecule has 12 heteroatoms. The van der Waals surface area contributed by atoms with E-state index in [1.807, 2.05) is 0 Å². The van der Waals surface area contributed by atoms with Crippen molar-refractivity contribution in [2.45, 2.75) is 11.4 Å². The highest BCUT2D eigenvalue weighted by Gasteiger charge is 2.29. The Labute approximate surface area is 170 Å². The number of ether oxygens (including phenoxy) is 1. The van der Waals surface area contributed by atoms with Crippen LogP contribution in [0.15, 0.2) is 47.9 Å². The van der Waals surface area contributed by atoms with Gasteiger partial charge in [0.25, 0.3) is 10.0 Å². The van der Waals surface area contributed by atoms with Gasteiger partial charge in [-0.3, -0.25) is 0 Å². The lowest BCUT2D eigenvalue weighted by molar-refractivity contribution is 0.194. The molecule has 0 atom stereocenters. The van der Waals surface area contributed by atoms with Gasteiger partial charge in [0.2, 0.25) is 5.95 Å². The normalized spacial score (nSPS) is 11.3. The van der Waals surface area contributed by atoms with E-state index in [-0.39, 0.29) is 29.8 Å². The lowest BCUT2D eigenvalue weighted by Crippen LogP contribution is -2.23. The molecule has 3 rings (SSSR count). The van der Waals surface area contributed by atoms with Crippen molar-refractivity contribution in [2.75, 3.05) is 13.7 Å². The van der Waals surface area contributed by atoms with Crippen LogP contribution in [0.5, 0.6) is 5.75 Å². The van der Waals surface area contributed by atoms with Gasteiger partial charge in [-0.15, -0.1) is 0 Å². The van der Waals surface area contributed by atoms with Gasteiger partial charge in [-0.25, -0.2) is 23.1 Å². The smallest absolute Gasteiger partial charge is 0.404 e. The molecule has 0 radical (unpaired) electrons. The predicted octanol–water partition coefficient (Wildman–Crippen LogP) is 2.28. The fourth-order valence-corrected chi connectivity index (χ4v) is 4.08. The minimum atomic E-state index is -4.46. The van der Waals surface area contributed by atoms with Crippen molar-refractivity contribution >= 4 is 16.1 Å². The molecule has 3 aromatic rings. The van der Waals surface area contributed by atoms with E-state index in [0.717, 1.165) is 18.5 Å². The highest BCUT2D eigenvalue weighted by Crippen LogP contribution is 2.32. The minimum absolute atomic E-state index is 0.131. The van der Waals surface area contributed by atoms with Crippen LogP contribution in [0.4, 0.5) is 13.6 Å². The maximum Gasteiger partial charge on any atom is 0.404 e. The van der Waals surface area contributed by atoms with Crippen LogP contribution in [0.1, 0.15) is 5.56 Å². The van der Waals surface area contributed by atoms with E-state index in [2.05, 4.69) is 15.3 Å². The van der Waals surface area contributed by atoms with Crippen LogP contribution in [0.2, 0.25) is 0 Å². The molecule has 0 unspecified atom stereocenters. The average Bonchev–Trinajstić information content (AvgIpc) is 3.05. The number of hydrogen-bond acceptors (Lipinski definition) is 6. The molecule has 3 heterocycles. The molecular weight excluding hydrogens is 422 g/mol. The Balaban J connectivity index is 2.19. The molecule has 0 spiro atoms. The van der Waals surface area contributed by atoms with Crippen molar-refractivity contribution in [1.29, 1.82) is 0 Å². The molecule has 1 amide bonds. The monoisotopic (exact) mass is 438 g/mol. The Bertz CT molecular complexity index is 1200. The summed E-state index contributed by atoms with van der Waals surface area (Å²) in [4.78, 5) is 17.9. The fourth-order valence-electron chi connectivity index (χ4n) is 2.74. The number of nitrogens with zero attached hydrogens (tertiary/aromatic N) is 3. The number of halogens is 2. The van der Waals surface area contributed by atoms with Gasteiger partial charge in [-0.2, -0.15) is 12.8 Å². The molecule has 30 heavy (non-hydrogen) atoms. The summed E-state index contributed by atoms with van der Waals surface area (Å²) in [7, 11) is -3.12. The SMILES string of the molecule is COc1ccnc(S(=O)(=O)n2cc(CCNC(=O)O)c(F)c2-c2cccnc2F)c1. The number of carbonyl (C=O) groups is 1. The second-order valence-electron chi connectivity index (χ2n) is 5.98. The van der Waals surface area contributed by atoms with E-state index in [1.165, 1.54) is 31.5 Å². The summed E-state index contributed by atoms with van der Waals surface area (Å²) in [5.74, 6) is -1.88. The highest BCUT2D eigenvalue weighted by molar-refractivity contribution is 7.90. The van der Waals surface area contributed by atoms with Gasteiger partial charge >= 0.3 is 6.09 Å². The first-order valence-electron chi connectivity index (χ1n) is 8.48. The molecule has 9 nitrogen and oxygen atoms in total. The first-order valence-corrected chi connectivity index (χ1v) is 9.92. The summed E-state index contributed by atoms with van der Waals surface area (Å²) >= 11 is 0.